The molecule has 3 heteroatoms. The number of fused-ring (bicyclic) bond motifs is 1. The van der Waals surface area contributed by atoms with Gasteiger partial charge in [-0.1, -0.05) is 6.92 Å². The van der Waals surface area contributed by atoms with Crippen LogP contribution in [0.5, 0.6) is 5.75 Å². The molecule has 0 saturated heterocycles. The van der Waals surface area contributed by atoms with Gasteiger partial charge < -0.3 is 15.0 Å². The monoisotopic (exact) mass is 232 g/mol. The molecule has 2 rings (SSSR count). The van der Waals surface area contributed by atoms with E-state index < -0.39 is 0 Å². The molecule has 17 heavy (non-hydrogen) atoms. The normalized spacial score (nSPS) is 11.1. The number of nitrogens with two attached hydrogens (primary N) is 1. The fourth-order valence-corrected chi connectivity index (χ4v) is 2.61. The van der Waals surface area contributed by atoms with Crippen LogP contribution in [0.15, 0.2) is 12.1 Å². The molecular formula is C14H20N2O. The van der Waals surface area contributed by atoms with E-state index in [1.165, 1.54) is 22.2 Å². The minimum atomic E-state index is 0.707. The maximum atomic E-state index is 5.97. The van der Waals surface area contributed by atoms with E-state index >= 15 is 0 Å². The molecular weight excluding hydrogens is 212 g/mol. The Morgan fingerprint density at radius 2 is 2.00 bits per heavy atom. The second-order valence-electron chi connectivity index (χ2n) is 4.28. The van der Waals surface area contributed by atoms with Crippen molar-refractivity contribution in [3.05, 3.63) is 23.4 Å². The van der Waals surface area contributed by atoms with Crippen LogP contribution in [0.1, 0.15) is 25.1 Å². The molecule has 1 heterocycles. The zero-order chi connectivity index (χ0) is 12.6. The first-order valence-corrected chi connectivity index (χ1v) is 6.09. The zero-order valence-corrected chi connectivity index (χ0v) is 11.0. The summed E-state index contributed by atoms with van der Waals surface area (Å²) in [5.41, 5.74) is 10.6. The average molecular weight is 232 g/mol. The average Bonchev–Trinajstić information content (AvgIpc) is 2.60. The van der Waals surface area contributed by atoms with Gasteiger partial charge in [-0.15, -0.1) is 0 Å². The first-order valence-electron chi connectivity index (χ1n) is 6.09. The summed E-state index contributed by atoms with van der Waals surface area (Å²) in [6, 6.07) is 4.06. The summed E-state index contributed by atoms with van der Waals surface area (Å²) in [7, 11) is 1.66. The molecule has 2 N–H and O–H groups in total. The highest BCUT2D eigenvalue weighted by Gasteiger charge is 2.14. The van der Waals surface area contributed by atoms with Crippen LogP contribution >= 0.6 is 0 Å². The van der Waals surface area contributed by atoms with Crippen molar-refractivity contribution in [2.75, 3.05) is 12.8 Å². The Labute approximate surface area is 102 Å². The number of rotatable bonds is 3. The quantitative estimate of drug-likeness (QED) is 0.826. The van der Waals surface area contributed by atoms with E-state index in [1.54, 1.807) is 7.11 Å². The summed E-state index contributed by atoms with van der Waals surface area (Å²) < 4.78 is 7.64. The lowest BCUT2D eigenvalue weighted by molar-refractivity contribution is 0.417. The molecule has 0 saturated carbocycles. The van der Waals surface area contributed by atoms with Gasteiger partial charge in [0.25, 0.3) is 0 Å². The smallest absolute Gasteiger partial charge is 0.143 e. The van der Waals surface area contributed by atoms with Crippen molar-refractivity contribution in [2.45, 2.75) is 33.7 Å². The van der Waals surface area contributed by atoms with Gasteiger partial charge in [-0.3, -0.25) is 0 Å². The summed E-state index contributed by atoms with van der Waals surface area (Å²) >= 11 is 0. The molecule has 1 aromatic carbocycles. The Bertz CT molecular complexity index is 555. The molecule has 0 unspecified atom stereocenters. The molecule has 0 spiro atoms. The number of nitrogens with zero attached hydrogens (tertiary/aromatic N) is 1. The third-order valence-electron chi connectivity index (χ3n) is 3.45. The van der Waals surface area contributed by atoms with Crippen LogP contribution in [0.3, 0.4) is 0 Å². The largest absolute Gasteiger partial charge is 0.495 e. The Morgan fingerprint density at radius 1 is 1.29 bits per heavy atom. The van der Waals surface area contributed by atoms with Gasteiger partial charge >= 0.3 is 0 Å². The SMILES string of the molecule is CCc1c(C)c2cc(N)c(OC)cc2n1CC. The molecule has 0 aliphatic carbocycles. The number of anilines is 1. The first-order chi connectivity index (χ1) is 8.13. The lowest BCUT2D eigenvalue weighted by Crippen LogP contribution is -2.00. The molecule has 0 aliphatic heterocycles. The van der Waals surface area contributed by atoms with Crippen molar-refractivity contribution in [1.82, 2.24) is 4.57 Å². The van der Waals surface area contributed by atoms with Gasteiger partial charge in [-0.25, -0.2) is 0 Å². The van der Waals surface area contributed by atoms with E-state index in [0.717, 1.165) is 18.7 Å². The van der Waals surface area contributed by atoms with Crippen LogP contribution in [0.2, 0.25) is 0 Å². The lowest BCUT2D eigenvalue weighted by Gasteiger charge is -2.08. The van der Waals surface area contributed by atoms with Gasteiger partial charge in [-0.2, -0.15) is 0 Å². The topological polar surface area (TPSA) is 40.2 Å². The molecule has 2 aromatic rings. The Hall–Kier alpha value is -1.64. The van der Waals surface area contributed by atoms with E-state index in [0.29, 0.717) is 5.69 Å². The van der Waals surface area contributed by atoms with Gasteiger partial charge in [0.1, 0.15) is 5.75 Å². The summed E-state index contributed by atoms with van der Waals surface area (Å²) in [5, 5.41) is 1.24. The number of benzene rings is 1. The minimum Gasteiger partial charge on any atom is -0.495 e. The van der Waals surface area contributed by atoms with Gasteiger partial charge in [0, 0.05) is 23.7 Å². The summed E-state index contributed by atoms with van der Waals surface area (Å²) in [6.45, 7) is 7.49. The minimum absolute atomic E-state index is 0.707. The first kappa shape index (κ1) is 11.8. The van der Waals surface area contributed by atoms with Crippen LogP contribution in [0, 0.1) is 6.92 Å². The van der Waals surface area contributed by atoms with E-state index in [-0.39, 0.29) is 0 Å². The van der Waals surface area contributed by atoms with E-state index in [1.807, 2.05) is 12.1 Å². The molecule has 0 amide bonds. The predicted octanol–water partition coefficient (Wildman–Crippen LogP) is 3.12. The van der Waals surface area contributed by atoms with Crippen LogP contribution in [0.25, 0.3) is 10.9 Å². The Kier molecular flexibility index (Phi) is 3.01. The van der Waals surface area contributed by atoms with Crippen LogP contribution in [0.4, 0.5) is 5.69 Å². The van der Waals surface area contributed by atoms with Gasteiger partial charge in [0.05, 0.1) is 18.3 Å². The molecule has 0 aliphatic rings. The molecule has 0 radical (unpaired) electrons. The summed E-state index contributed by atoms with van der Waals surface area (Å²) in [6.07, 6.45) is 1.04. The third kappa shape index (κ3) is 1.66. The Morgan fingerprint density at radius 3 is 2.53 bits per heavy atom. The molecule has 3 nitrogen and oxygen atoms in total. The fourth-order valence-electron chi connectivity index (χ4n) is 2.61. The van der Waals surface area contributed by atoms with Crippen molar-refractivity contribution in [1.29, 1.82) is 0 Å². The van der Waals surface area contributed by atoms with Crippen LogP contribution in [-0.4, -0.2) is 11.7 Å². The predicted molar refractivity (Wildman–Crippen MR) is 72.7 cm³/mol. The lowest BCUT2D eigenvalue weighted by atomic mass is 10.1. The van der Waals surface area contributed by atoms with E-state index in [9.17, 15) is 0 Å². The van der Waals surface area contributed by atoms with Crippen molar-refractivity contribution < 1.29 is 4.74 Å². The molecule has 0 fully saturated rings. The standard InChI is InChI=1S/C14H20N2O/c1-5-12-9(3)10-7-11(15)14(17-4)8-13(10)16(12)6-2/h7-8H,5-6,15H2,1-4H3. The molecule has 0 bridgehead atoms. The van der Waals surface area contributed by atoms with Gasteiger partial charge in [-0.05, 0) is 31.9 Å². The van der Waals surface area contributed by atoms with Crippen LogP contribution in [-0.2, 0) is 13.0 Å². The number of hydrogen-bond acceptors (Lipinski definition) is 2. The molecule has 0 atom stereocenters. The Balaban J connectivity index is 2.84. The highest BCUT2D eigenvalue weighted by atomic mass is 16.5. The maximum absolute atomic E-state index is 5.97. The van der Waals surface area contributed by atoms with Gasteiger partial charge in [0.2, 0.25) is 0 Å². The highest BCUT2D eigenvalue weighted by molar-refractivity contribution is 5.90. The number of methoxy groups -OCH3 is 1. The van der Waals surface area contributed by atoms with Crippen molar-refractivity contribution in [3.8, 4) is 5.75 Å². The second kappa shape index (κ2) is 4.32. The maximum Gasteiger partial charge on any atom is 0.143 e. The number of nitrogen functional groups attached to an aromatic ring is 1. The summed E-state index contributed by atoms with van der Waals surface area (Å²) in [4.78, 5) is 0. The molecule has 92 valence electrons. The van der Waals surface area contributed by atoms with E-state index in [4.69, 9.17) is 10.5 Å². The van der Waals surface area contributed by atoms with Crippen molar-refractivity contribution in [3.63, 3.8) is 0 Å². The van der Waals surface area contributed by atoms with E-state index in [2.05, 4.69) is 25.3 Å². The van der Waals surface area contributed by atoms with Gasteiger partial charge in [0.15, 0.2) is 0 Å². The van der Waals surface area contributed by atoms with Crippen molar-refractivity contribution >= 4 is 16.6 Å². The highest BCUT2D eigenvalue weighted by Crippen LogP contribution is 2.33. The number of aryl methyl sites for hydroxylation is 2. The number of ether oxygens (including phenoxy) is 1. The number of hydrogen-bond donors (Lipinski definition) is 1. The fraction of sp³-hybridized carbons (Fsp3) is 0.429. The van der Waals surface area contributed by atoms with Crippen LogP contribution < -0.4 is 10.5 Å². The molecule has 1 aromatic heterocycles. The second-order valence-corrected chi connectivity index (χ2v) is 4.28. The van der Waals surface area contributed by atoms with Crippen molar-refractivity contribution in [2.24, 2.45) is 0 Å². The third-order valence-corrected chi connectivity index (χ3v) is 3.45. The zero-order valence-electron chi connectivity index (χ0n) is 11.0. The summed E-state index contributed by atoms with van der Waals surface area (Å²) in [5.74, 6) is 0.757. The number of aromatic nitrogens is 1.